The Bertz CT molecular complexity index is 115. The van der Waals surface area contributed by atoms with Crippen molar-refractivity contribution >= 4 is 5.91 Å². The van der Waals surface area contributed by atoms with Gasteiger partial charge in [0.05, 0.1) is 6.61 Å². The third kappa shape index (κ3) is 7.29. The predicted octanol–water partition coefficient (Wildman–Crippen LogP) is -0.514. The largest absolute Gasteiger partial charge is 0.370 e. The lowest BCUT2D eigenvalue weighted by Crippen LogP contribution is -2.33. The molecule has 3 N–H and O–H groups in total. The highest BCUT2D eigenvalue weighted by Gasteiger charge is 2.01. The lowest BCUT2D eigenvalue weighted by atomic mass is 10.4. The first kappa shape index (κ1) is 10.4. The number of hydrogen-bond acceptors (Lipinski definition) is 3. The topological polar surface area (TPSA) is 64.3 Å². The van der Waals surface area contributed by atoms with Crippen molar-refractivity contribution < 1.29 is 9.53 Å². The van der Waals surface area contributed by atoms with Crippen molar-refractivity contribution in [3.63, 3.8) is 0 Å². The minimum Gasteiger partial charge on any atom is -0.370 e. The molecule has 0 saturated heterocycles. The van der Waals surface area contributed by atoms with E-state index in [4.69, 9.17) is 10.5 Å². The Morgan fingerprint density at radius 1 is 1.64 bits per heavy atom. The number of rotatable bonds is 5. The van der Waals surface area contributed by atoms with Crippen LogP contribution in [0.3, 0.4) is 0 Å². The minimum atomic E-state index is -0.0894. The molecule has 0 spiro atoms. The molecule has 4 heteroatoms. The van der Waals surface area contributed by atoms with E-state index in [0.29, 0.717) is 13.2 Å². The van der Waals surface area contributed by atoms with E-state index >= 15 is 0 Å². The van der Waals surface area contributed by atoms with Crippen LogP contribution in [0.2, 0.25) is 0 Å². The van der Waals surface area contributed by atoms with E-state index in [2.05, 4.69) is 5.32 Å². The summed E-state index contributed by atoms with van der Waals surface area (Å²) in [6.45, 7) is 4.80. The summed E-state index contributed by atoms with van der Waals surface area (Å²) in [5, 5.41) is 2.70. The minimum absolute atomic E-state index is 0.0894. The number of carbonyl (C=O) groups excluding carboxylic acids is 1. The fraction of sp³-hybridized carbons (Fsp3) is 0.857. The van der Waals surface area contributed by atoms with E-state index in [9.17, 15) is 4.79 Å². The molecule has 0 rings (SSSR count). The van der Waals surface area contributed by atoms with Crippen LogP contribution in [0.5, 0.6) is 0 Å². The molecule has 0 atom stereocenters. The molecule has 0 bridgehead atoms. The monoisotopic (exact) mass is 160 g/mol. The summed E-state index contributed by atoms with van der Waals surface area (Å²) in [5.74, 6) is -0.0894. The molecule has 11 heavy (non-hydrogen) atoms. The molecule has 1 amide bonds. The maximum Gasteiger partial charge on any atom is 0.246 e. The first-order valence-corrected chi connectivity index (χ1v) is 3.74. The van der Waals surface area contributed by atoms with Crippen LogP contribution in [0.25, 0.3) is 0 Å². The lowest BCUT2D eigenvalue weighted by molar-refractivity contribution is -0.126. The van der Waals surface area contributed by atoms with E-state index < -0.39 is 0 Å². The average Bonchev–Trinajstić information content (AvgIpc) is 1.86. The molecule has 0 aliphatic carbocycles. The van der Waals surface area contributed by atoms with Gasteiger partial charge in [-0.15, -0.1) is 0 Å². The van der Waals surface area contributed by atoms with Crippen LogP contribution in [0.4, 0.5) is 0 Å². The molecule has 0 aliphatic heterocycles. The first-order valence-electron chi connectivity index (χ1n) is 3.74. The Hall–Kier alpha value is -0.610. The molecule has 0 aromatic carbocycles. The van der Waals surface area contributed by atoms with Crippen molar-refractivity contribution in [2.45, 2.75) is 19.9 Å². The van der Waals surface area contributed by atoms with Gasteiger partial charge in [-0.1, -0.05) is 0 Å². The number of nitrogens with two attached hydrogens (primary N) is 1. The van der Waals surface area contributed by atoms with Crippen LogP contribution in [-0.2, 0) is 9.53 Å². The van der Waals surface area contributed by atoms with Crippen molar-refractivity contribution in [3.8, 4) is 0 Å². The zero-order valence-electron chi connectivity index (χ0n) is 7.09. The van der Waals surface area contributed by atoms with Gasteiger partial charge in [0.25, 0.3) is 0 Å². The SMILES string of the molecule is CC(C)NC(=O)COCCN. The molecule has 0 unspecified atom stereocenters. The second-order valence-electron chi connectivity index (χ2n) is 2.56. The quantitative estimate of drug-likeness (QED) is 0.532. The molecule has 0 radical (unpaired) electrons. The molecule has 0 heterocycles. The molecule has 0 fully saturated rings. The summed E-state index contributed by atoms with van der Waals surface area (Å²) in [4.78, 5) is 10.9. The smallest absolute Gasteiger partial charge is 0.246 e. The van der Waals surface area contributed by atoms with Gasteiger partial charge in [-0.2, -0.15) is 0 Å². The van der Waals surface area contributed by atoms with Crippen LogP contribution in [0.1, 0.15) is 13.8 Å². The van der Waals surface area contributed by atoms with Crippen LogP contribution in [0, 0.1) is 0 Å². The van der Waals surface area contributed by atoms with Gasteiger partial charge >= 0.3 is 0 Å². The number of ether oxygens (including phenoxy) is 1. The molecule has 0 aromatic heterocycles. The molecule has 0 aliphatic rings. The lowest BCUT2D eigenvalue weighted by Gasteiger charge is -2.07. The highest BCUT2D eigenvalue weighted by molar-refractivity contribution is 5.77. The first-order chi connectivity index (χ1) is 5.16. The summed E-state index contributed by atoms with van der Waals surface area (Å²) in [6.07, 6.45) is 0. The molecule has 4 nitrogen and oxygen atoms in total. The second kappa shape index (κ2) is 6.12. The van der Waals surface area contributed by atoms with E-state index in [1.807, 2.05) is 13.8 Å². The number of carbonyl (C=O) groups is 1. The van der Waals surface area contributed by atoms with Gasteiger partial charge in [-0.05, 0) is 13.8 Å². The van der Waals surface area contributed by atoms with Gasteiger partial charge < -0.3 is 15.8 Å². The Morgan fingerprint density at radius 2 is 2.27 bits per heavy atom. The Balaban J connectivity index is 3.23. The van der Waals surface area contributed by atoms with Gasteiger partial charge in [0.1, 0.15) is 6.61 Å². The highest BCUT2D eigenvalue weighted by Crippen LogP contribution is 1.78. The van der Waals surface area contributed by atoms with Gasteiger partial charge in [0.2, 0.25) is 5.91 Å². The Kier molecular flexibility index (Phi) is 5.78. The van der Waals surface area contributed by atoms with Crippen molar-refractivity contribution in [2.24, 2.45) is 5.73 Å². The molecule has 0 aromatic rings. The zero-order chi connectivity index (χ0) is 8.69. The summed E-state index contributed by atoms with van der Waals surface area (Å²) in [6, 6.07) is 0.170. The molecular formula is C7H16N2O2. The molecule has 0 saturated carbocycles. The number of nitrogens with one attached hydrogen (secondary N) is 1. The Morgan fingerprint density at radius 3 is 2.73 bits per heavy atom. The maximum atomic E-state index is 10.9. The average molecular weight is 160 g/mol. The summed E-state index contributed by atoms with van der Waals surface area (Å²) in [5.41, 5.74) is 5.16. The van der Waals surface area contributed by atoms with E-state index in [1.54, 1.807) is 0 Å². The van der Waals surface area contributed by atoms with Crippen LogP contribution in [0.15, 0.2) is 0 Å². The van der Waals surface area contributed by atoms with Gasteiger partial charge in [0.15, 0.2) is 0 Å². The zero-order valence-corrected chi connectivity index (χ0v) is 7.09. The number of hydrogen-bond donors (Lipinski definition) is 2. The summed E-state index contributed by atoms with van der Waals surface area (Å²) < 4.78 is 4.91. The fourth-order valence-corrected chi connectivity index (χ4v) is 0.612. The standard InChI is InChI=1S/C7H16N2O2/c1-6(2)9-7(10)5-11-4-3-8/h6H,3-5,8H2,1-2H3,(H,9,10). The van der Waals surface area contributed by atoms with Crippen LogP contribution >= 0.6 is 0 Å². The summed E-state index contributed by atoms with van der Waals surface area (Å²) in [7, 11) is 0. The van der Waals surface area contributed by atoms with Gasteiger partial charge in [-0.3, -0.25) is 4.79 Å². The van der Waals surface area contributed by atoms with Crippen LogP contribution < -0.4 is 11.1 Å². The number of amides is 1. The van der Waals surface area contributed by atoms with Gasteiger partial charge in [0, 0.05) is 12.6 Å². The fourth-order valence-electron chi connectivity index (χ4n) is 0.612. The Labute approximate surface area is 67.1 Å². The van der Waals surface area contributed by atoms with Crippen molar-refractivity contribution in [3.05, 3.63) is 0 Å². The third-order valence-electron chi connectivity index (χ3n) is 0.945. The van der Waals surface area contributed by atoms with Crippen molar-refractivity contribution in [1.82, 2.24) is 5.32 Å². The normalized spacial score (nSPS) is 10.2. The van der Waals surface area contributed by atoms with Crippen molar-refractivity contribution in [1.29, 1.82) is 0 Å². The third-order valence-corrected chi connectivity index (χ3v) is 0.945. The maximum absolute atomic E-state index is 10.9. The molecular weight excluding hydrogens is 144 g/mol. The van der Waals surface area contributed by atoms with E-state index in [0.717, 1.165) is 0 Å². The van der Waals surface area contributed by atoms with Crippen molar-refractivity contribution in [2.75, 3.05) is 19.8 Å². The summed E-state index contributed by atoms with van der Waals surface area (Å²) >= 11 is 0. The predicted molar refractivity (Wildman–Crippen MR) is 43.2 cm³/mol. The van der Waals surface area contributed by atoms with Crippen LogP contribution in [-0.4, -0.2) is 31.7 Å². The highest BCUT2D eigenvalue weighted by atomic mass is 16.5. The van der Waals surface area contributed by atoms with E-state index in [-0.39, 0.29) is 18.6 Å². The van der Waals surface area contributed by atoms with E-state index in [1.165, 1.54) is 0 Å². The second-order valence-corrected chi connectivity index (χ2v) is 2.56. The molecule has 66 valence electrons. The van der Waals surface area contributed by atoms with Gasteiger partial charge in [-0.25, -0.2) is 0 Å².